The number of halogens is 1. The van der Waals surface area contributed by atoms with Crippen molar-refractivity contribution >= 4 is 23.2 Å². The highest BCUT2D eigenvalue weighted by molar-refractivity contribution is 6.31. The minimum absolute atomic E-state index is 0.000103. The van der Waals surface area contributed by atoms with Gasteiger partial charge >= 0.3 is 0 Å². The van der Waals surface area contributed by atoms with Crippen LogP contribution in [-0.4, -0.2) is 16.9 Å². The van der Waals surface area contributed by atoms with Gasteiger partial charge in [-0.25, -0.2) is 9.29 Å². The van der Waals surface area contributed by atoms with Crippen molar-refractivity contribution in [3.8, 4) is 5.75 Å². The lowest BCUT2D eigenvalue weighted by molar-refractivity contribution is -0.120. The Hall–Kier alpha value is -3.15. The second-order valence-electron chi connectivity index (χ2n) is 4.66. The molecule has 0 fully saturated rings. The molecule has 2 N–H and O–H groups in total. The second-order valence-corrected chi connectivity index (χ2v) is 4.66. The van der Waals surface area contributed by atoms with Gasteiger partial charge in [0.1, 0.15) is 17.3 Å². The number of phenolic OH excluding ortho intramolecular Hbond substituents is 1. The summed E-state index contributed by atoms with van der Waals surface area (Å²) < 4.78 is 13.7. The number of para-hydroxylation sites is 1. The van der Waals surface area contributed by atoms with Gasteiger partial charge in [0.2, 0.25) is 0 Å². The number of hydrogen-bond acceptors (Lipinski definition) is 4. The zero-order valence-corrected chi connectivity index (χ0v) is 11.3. The van der Waals surface area contributed by atoms with Gasteiger partial charge in [-0.1, -0.05) is 18.2 Å². The van der Waals surface area contributed by atoms with Gasteiger partial charge in [-0.15, -0.1) is 0 Å². The molecule has 5 nitrogen and oxygen atoms in total. The molecule has 0 spiro atoms. The molecule has 2 amide bonds. The number of carbonyl (C=O) groups is 2. The predicted octanol–water partition coefficient (Wildman–Crippen LogP) is 2.40. The number of phenols is 1. The van der Waals surface area contributed by atoms with E-state index in [2.05, 4.69) is 5.32 Å². The maximum absolute atomic E-state index is 13.7. The number of rotatable bonds is 3. The molecule has 2 aromatic carbocycles. The summed E-state index contributed by atoms with van der Waals surface area (Å²) in [5, 5.41) is 11.8. The molecule has 0 atom stereocenters. The SMILES string of the molecule is O=C1C=C(Nc2ccc(O)cc2F)C(=O)N1c1ccccc1. The topological polar surface area (TPSA) is 69.6 Å². The monoisotopic (exact) mass is 298 g/mol. The molecule has 110 valence electrons. The fraction of sp³-hybridized carbons (Fsp3) is 0. The van der Waals surface area contributed by atoms with E-state index in [9.17, 15) is 19.1 Å². The Kier molecular flexibility index (Phi) is 3.34. The summed E-state index contributed by atoms with van der Waals surface area (Å²) in [6.07, 6.45) is 1.11. The predicted molar refractivity (Wildman–Crippen MR) is 78.7 cm³/mol. The number of aromatic hydroxyl groups is 1. The molecule has 2 aromatic rings. The van der Waals surface area contributed by atoms with Crippen LogP contribution in [0, 0.1) is 5.82 Å². The molecule has 0 aliphatic carbocycles. The number of anilines is 2. The first-order valence-corrected chi connectivity index (χ1v) is 6.47. The van der Waals surface area contributed by atoms with Gasteiger partial charge in [0.05, 0.1) is 11.4 Å². The molecule has 0 saturated carbocycles. The van der Waals surface area contributed by atoms with E-state index in [0.29, 0.717) is 5.69 Å². The maximum Gasteiger partial charge on any atom is 0.281 e. The van der Waals surface area contributed by atoms with E-state index in [1.165, 1.54) is 12.1 Å². The van der Waals surface area contributed by atoms with Gasteiger partial charge in [0.25, 0.3) is 11.8 Å². The Morgan fingerprint density at radius 3 is 2.45 bits per heavy atom. The normalized spacial score (nSPS) is 14.2. The largest absolute Gasteiger partial charge is 0.508 e. The molecular weight excluding hydrogens is 287 g/mol. The molecular formula is C16H11FN2O3. The molecule has 1 aliphatic rings. The molecule has 0 aromatic heterocycles. The quantitative estimate of drug-likeness (QED) is 0.674. The van der Waals surface area contributed by atoms with Gasteiger partial charge in [0, 0.05) is 12.1 Å². The van der Waals surface area contributed by atoms with E-state index in [-0.39, 0.29) is 17.1 Å². The number of nitrogens with one attached hydrogen (secondary N) is 1. The lowest BCUT2D eigenvalue weighted by Crippen LogP contribution is -2.31. The summed E-state index contributed by atoms with van der Waals surface area (Å²) in [7, 11) is 0. The van der Waals surface area contributed by atoms with Crippen LogP contribution in [0.25, 0.3) is 0 Å². The van der Waals surface area contributed by atoms with Crippen molar-refractivity contribution in [1.82, 2.24) is 0 Å². The molecule has 22 heavy (non-hydrogen) atoms. The highest BCUT2D eigenvalue weighted by atomic mass is 19.1. The Morgan fingerprint density at radius 2 is 1.77 bits per heavy atom. The summed E-state index contributed by atoms with van der Waals surface area (Å²) >= 11 is 0. The Balaban J connectivity index is 1.86. The van der Waals surface area contributed by atoms with Gasteiger partial charge in [-0.05, 0) is 24.3 Å². The Bertz CT molecular complexity index is 787. The third-order valence-corrected chi connectivity index (χ3v) is 3.16. The average molecular weight is 298 g/mol. The zero-order chi connectivity index (χ0) is 15.7. The zero-order valence-electron chi connectivity index (χ0n) is 11.3. The average Bonchev–Trinajstić information content (AvgIpc) is 2.77. The molecule has 1 aliphatic heterocycles. The van der Waals surface area contributed by atoms with Crippen molar-refractivity contribution < 1.29 is 19.1 Å². The minimum Gasteiger partial charge on any atom is -0.508 e. The van der Waals surface area contributed by atoms with E-state index in [1.54, 1.807) is 30.3 Å². The van der Waals surface area contributed by atoms with Gasteiger partial charge < -0.3 is 10.4 Å². The Morgan fingerprint density at radius 1 is 1.05 bits per heavy atom. The minimum atomic E-state index is -0.723. The van der Waals surface area contributed by atoms with Crippen molar-refractivity contribution in [2.24, 2.45) is 0 Å². The Labute approximate surface area is 125 Å². The number of nitrogens with zero attached hydrogens (tertiary/aromatic N) is 1. The van der Waals surface area contributed by atoms with Gasteiger partial charge in [-0.2, -0.15) is 0 Å². The fourth-order valence-corrected chi connectivity index (χ4v) is 2.13. The van der Waals surface area contributed by atoms with Crippen LogP contribution in [0.2, 0.25) is 0 Å². The molecule has 0 radical (unpaired) electrons. The van der Waals surface area contributed by atoms with Crippen molar-refractivity contribution in [1.29, 1.82) is 0 Å². The summed E-state index contributed by atoms with van der Waals surface area (Å²) in [5.41, 5.74) is 0.412. The smallest absolute Gasteiger partial charge is 0.281 e. The van der Waals surface area contributed by atoms with Gasteiger partial charge in [0.15, 0.2) is 0 Å². The van der Waals surface area contributed by atoms with E-state index in [1.807, 2.05) is 0 Å². The summed E-state index contributed by atoms with van der Waals surface area (Å²) in [6, 6.07) is 11.9. The van der Waals surface area contributed by atoms with Crippen LogP contribution in [0.1, 0.15) is 0 Å². The molecule has 0 bridgehead atoms. The highest BCUT2D eigenvalue weighted by Crippen LogP contribution is 2.25. The molecule has 0 unspecified atom stereocenters. The molecule has 3 rings (SSSR count). The first-order chi connectivity index (χ1) is 10.6. The first-order valence-electron chi connectivity index (χ1n) is 6.47. The van der Waals surface area contributed by atoms with Crippen LogP contribution in [-0.2, 0) is 9.59 Å². The number of hydrogen-bond donors (Lipinski definition) is 2. The number of benzene rings is 2. The van der Waals surface area contributed by atoms with E-state index < -0.39 is 17.6 Å². The van der Waals surface area contributed by atoms with E-state index in [0.717, 1.165) is 17.0 Å². The summed E-state index contributed by atoms with van der Waals surface area (Å²) in [6.45, 7) is 0. The van der Waals surface area contributed by atoms with Crippen LogP contribution in [0.4, 0.5) is 15.8 Å². The maximum atomic E-state index is 13.7. The third kappa shape index (κ3) is 2.42. The lowest BCUT2D eigenvalue weighted by Gasteiger charge is -2.15. The van der Waals surface area contributed by atoms with E-state index in [4.69, 9.17) is 0 Å². The highest BCUT2D eigenvalue weighted by Gasteiger charge is 2.32. The first kappa shape index (κ1) is 13.8. The van der Waals surface area contributed by atoms with Crippen LogP contribution < -0.4 is 10.2 Å². The van der Waals surface area contributed by atoms with Crippen molar-refractivity contribution in [3.63, 3.8) is 0 Å². The second kappa shape index (κ2) is 5.33. The molecule has 6 heteroatoms. The van der Waals surface area contributed by atoms with Crippen LogP contribution in [0.5, 0.6) is 5.75 Å². The molecule has 0 saturated heterocycles. The van der Waals surface area contributed by atoms with E-state index >= 15 is 0 Å². The fourth-order valence-electron chi connectivity index (χ4n) is 2.13. The summed E-state index contributed by atoms with van der Waals surface area (Å²) in [4.78, 5) is 25.3. The molecule has 1 heterocycles. The summed E-state index contributed by atoms with van der Waals surface area (Å²) in [5.74, 6) is -2.02. The van der Waals surface area contributed by atoms with Crippen molar-refractivity contribution in [3.05, 3.63) is 66.1 Å². The number of amides is 2. The van der Waals surface area contributed by atoms with Crippen LogP contribution in [0.15, 0.2) is 60.3 Å². The third-order valence-electron chi connectivity index (χ3n) is 3.16. The van der Waals surface area contributed by atoms with Crippen molar-refractivity contribution in [2.75, 3.05) is 10.2 Å². The lowest BCUT2D eigenvalue weighted by atomic mass is 10.2. The van der Waals surface area contributed by atoms with Crippen LogP contribution in [0.3, 0.4) is 0 Å². The van der Waals surface area contributed by atoms with Crippen molar-refractivity contribution in [2.45, 2.75) is 0 Å². The van der Waals surface area contributed by atoms with Gasteiger partial charge in [-0.3, -0.25) is 9.59 Å². The number of carbonyl (C=O) groups excluding carboxylic acids is 2. The van der Waals surface area contributed by atoms with Crippen LogP contribution >= 0.6 is 0 Å². The number of imide groups is 1. The standard InChI is InChI=1S/C16H11FN2O3/c17-12-8-11(20)6-7-13(12)18-14-9-15(21)19(16(14)22)10-4-2-1-3-5-10/h1-9,18,20H.